The number of carbonyl (C=O) groups excluding carboxylic acids is 1. The van der Waals surface area contributed by atoms with E-state index in [1.165, 1.54) is 5.56 Å². The predicted octanol–water partition coefficient (Wildman–Crippen LogP) is 4.98. The van der Waals surface area contributed by atoms with E-state index in [1.807, 2.05) is 54.7 Å². The lowest BCUT2D eigenvalue weighted by Gasteiger charge is -2.24. The lowest BCUT2D eigenvalue weighted by molar-refractivity contribution is 0.152. The lowest BCUT2D eigenvalue weighted by atomic mass is 10.2. The summed E-state index contributed by atoms with van der Waals surface area (Å²) in [6, 6.07) is 21.8. The second-order valence-electron chi connectivity index (χ2n) is 6.47. The lowest BCUT2D eigenvalue weighted by Crippen LogP contribution is -2.37. The van der Waals surface area contributed by atoms with E-state index in [4.69, 9.17) is 4.74 Å². The molecule has 0 spiro atoms. The molecule has 0 fully saturated rings. The first-order valence-electron chi connectivity index (χ1n) is 9.14. The minimum absolute atomic E-state index is 0.150. The normalized spacial score (nSPS) is 10.6. The smallest absolute Gasteiger partial charge is 0.322 e. The Morgan fingerprint density at radius 3 is 2.68 bits per heavy atom. The third-order valence-corrected chi connectivity index (χ3v) is 4.89. The highest BCUT2D eigenvalue weighted by Crippen LogP contribution is 2.17. The Kier molecular flexibility index (Phi) is 7.28. The molecule has 1 heterocycles. The molecule has 6 heteroatoms. The van der Waals surface area contributed by atoms with Gasteiger partial charge in [0.1, 0.15) is 0 Å². The molecule has 2 aromatic carbocycles. The van der Waals surface area contributed by atoms with Gasteiger partial charge in [0, 0.05) is 42.3 Å². The van der Waals surface area contributed by atoms with Gasteiger partial charge in [0.15, 0.2) is 0 Å². The number of benzene rings is 2. The Hall–Kier alpha value is -2.57. The van der Waals surface area contributed by atoms with Gasteiger partial charge < -0.3 is 19.5 Å². The molecule has 0 bridgehead atoms. The zero-order valence-electron chi connectivity index (χ0n) is 15.8. The third-order valence-electron chi connectivity index (χ3n) is 4.40. The van der Waals surface area contributed by atoms with Crippen molar-refractivity contribution in [3.8, 4) is 0 Å². The van der Waals surface area contributed by atoms with Gasteiger partial charge in [0.25, 0.3) is 0 Å². The minimum atomic E-state index is -0.150. The summed E-state index contributed by atoms with van der Waals surface area (Å²) in [5, 5.41) is 2.97. The number of hydrogen-bond acceptors (Lipinski definition) is 2. The summed E-state index contributed by atoms with van der Waals surface area (Å²) in [4.78, 5) is 14.6. The molecule has 0 radical (unpaired) electrons. The Morgan fingerprint density at radius 2 is 1.93 bits per heavy atom. The van der Waals surface area contributed by atoms with Crippen LogP contribution in [0, 0.1) is 0 Å². The van der Waals surface area contributed by atoms with E-state index in [1.54, 1.807) is 12.0 Å². The summed E-state index contributed by atoms with van der Waals surface area (Å²) < 4.78 is 8.29. The molecule has 3 aromatic rings. The van der Waals surface area contributed by atoms with Gasteiger partial charge in [-0.3, -0.25) is 0 Å². The SMILES string of the molecule is COCCN(Cc1cccn1Cc1ccccc1)C(=O)Nc1cccc(Br)c1. The highest BCUT2D eigenvalue weighted by atomic mass is 79.9. The minimum Gasteiger partial charge on any atom is -0.383 e. The predicted molar refractivity (Wildman–Crippen MR) is 115 cm³/mol. The van der Waals surface area contributed by atoms with Gasteiger partial charge >= 0.3 is 6.03 Å². The maximum absolute atomic E-state index is 12.9. The zero-order chi connectivity index (χ0) is 19.8. The summed E-state index contributed by atoms with van der Waals surface area (Å²) in [6.07, 6.45) is 2.04. The second kappa shape index (κ2) is 10.1. The first-order chi connectivity index (χ1) is 13.7. The summed E-state index contributed by atoms with van der Waals surface area (Å²) in [5.41, 5.74) is 3.05. The van der Waals surface area contributed by atoms with Crippen molar-refractivity contribution in [2.45, 2.75) is 13.1 Å². The maximum Gasteiger partial charge on any atom is 0.322 e. The van der Waals surface area contributed by atoms with E-state index >= 15 is 0 Å². The second-order valence-corrected chi connectivity index (χ2v) is 7.38. The fraction of sp³-hybridized carbons (Fsp3) is 0.227. The molecule has 2 amide bonds. The maximum atomic E-state index is 12.9. The molecule has 0 saturated carbocycles. The van der Waals surface area contributed by atoms with E-state index in [2.05, 4.69) is 44.0 Å². The quantitative estimate of drug-likeness (QED) is 0.535. The van der Waals surface area contributed by atoms with Crippen LogP contribution in [-0.2, 0) is 17.8 Å². The van der Waals surface area contributed by atoms with Crippen molar-refractivity contribution in [2.24, 2.45) is 0 Å². The molecule has 146 valence electrons. The number of methoxy groups -OCH3 is 1. The number of nitrogens with one attached hydrogen (secondary N) is 1. The molecular formula is C22H24BrN3O2. The Labute approximate surface area is 174 Å². The Morgan fingerprint density at radius 1 is 1.11 bits per heavy atom. The van der Waals surface area contributed by atoms with Crippen molar-refractivity contribution in [3.63, 3.8) is 0 Å². The van der Waals surface area contributed by atoms with Gasteiger partial charge in [-0.15, -0.1) is 0 Å². The molecule has 0 aliphatic rings. The third kappa shape index (κ3) is 5.71. The van der Waals surface area contributed by atoms with Crippen LogP contribution in [0.2, 0.25) is 0 Å². The van der Waals surface area contributed by atoms with Crippen LogP contribution in [0.25, 0.3) is 0 Å². The number of rotatable bonds is 8. The number of ether oxygens (including phenoxy) is 1. The molecule has 0 saturated heterocycles. The summed E-state index contributed by atoms with van der Waals surface area (Å²) in [6.45, 7) is 2.26. The zero-order valence-corrected chi connectivity index (χ0v) is 17.4. The Bertz CT molecular complexity index is 896. The molecule has 0 atom stereocenters. The molecule has 0 unspecified atom stereocenters. The van der Waals surface area contributed by atoms with Gasteiger partial charge in [-0.2, -0.15) is 0 Å². The van der Waals surface area contributed by atoms with Crippen LogP contribution in [0.5, 0.6) is 0 Å². The first kappa shape index (κ1) is 20.2. The number of carbonyl (C=O) groups is 1. The van der Waals surface area contributed by atoms with E-state index in [-0.39, 0.29) is 6.03 Å². The monoisotopic (exact) mass is 441 g/mol. The van der Waals surface area contributed by atoms with Crippen LogP contribution in [0.3, 0.4) is 0 Å². The number of amides is 2. The summed E-state index contributed by atoms with van der Waals surface area (Å²) in [7, 11) is 1.64. The van der Waals surface area contributed by atoms with Crippen molar-refractivity contribution in [2.75, 3.05) is 25.6 Å². The topological polar surface area (TPSA) is 46.5 Å². The molecular weight excluding hydrogens is 418 g/mol. The Balaban J connectivity index is 1.72. The van der Waals surface area contributed by atoms with E-state index in [9.17, 15) is 4.79 Å². The van der Waals surface area contributed by atoms with Gasteiger partial charge in [-0.25, -0.2) is 4.79 Å². The average molecular weight is 442 g/mol. The van der Waals surface area contributed by atoms with Gasteiger partial charge in [-0.05, 0) is 35.9 Å². The number of hydrogen-bond donors (Lipinski definition) is 1. The van der Waals surface area contributed by atoms with Crippen LogP contribution in [-0.4, -0.2) is 35.8 Å². The van der Waals surface area contributed by atoms with Crippen molar-refractivity contribution in [3.05, 3.63) is 88.7 Å². The fourth-order valence-electron chi connectivity index (χ4n) is 2.95. The first-order valence-corrected chi connectivity index (χ1v) is 9.93. The molecule has 0 aliphatic heterocycles. The molecule has 1 N–H and O–H groups in total. The van der Waals surface area contributed by atoms with Gasteiger partial charge in [0.05, 0.1) is 13.2 Å². The number of nitrogens with zero attached hydrogens (tertiary/aromatic N) is 2. The molecule has 3 rings (SSSR count). The van der Waals surface area contributed by atoms with Crippen LogP contribution < -0.4 is 5.32 Å². The number of anilines is 1. The molecule has 0 aliphatic carbocycles. The van der Waals surface area contributed by atoms with Crippen molar-refractivity contribution >= 4 is 27.6 Å². The summed E-state index contributed by atoms with van der Waals surface area (Å²) >= 11 is 3.43. The largest absolute Gasteiger partial charge is 0.383 e. The standard InChI is InChI=1S/C22H24BrN3O2/c1-28-14-13-26(22(27)24-20-10-5-9-19(23)15-20)17-21-11-6-12-25(21)16-18-7-3-2-4-8-18/h2-12,15H,13-14,16-17H2,1H3,(H,24,27). The molecule has 5 nitrogen and oxygen atoms in total. The van der Waals surface area contributed by atoms with E-state index in [0.29, 0.717) is 19.7 Å². The molecule has 1 aromatic heterocycles. The highest BCUT2D eigenvalue weighted by molar-refractivity contribution is 9.10. The van der Waals surface area contributed by atoms with Gasteiger partial charge in [0.2, 0.25) is 0 Å². The van der Waals surface area contributed by atoms with Crippen molar-refractivity contribution in [1.29, 1.82) is 0 Å². The van der Waals surface area contributed by atoms with Crippen LogP contribution >= 0.6 is 15.9 Å². The van der Waals surface area contributed by atoms with Crippen LogP contribution in [0.15, 0.2) is 77.4 Å². The van der Waals surface area contributed by atoms with Crippen LogP contribution in [0.1, 0.15) is 11.3 Å². The van der Waals surface area contributed by atoms with Crippen molar-refractivity contribution in [1.82, 2.24) is 9.47 Å². The number of halogens is 1. The van der Waals surface area contributed by atoms with E-state index in [0.717, 1.165) is 22.4 Å². The summed E-state index contributed by atoms with van der Waals surface area (Å²) in [5.74, 6) is 0. The average Bonchev–Trinajstić information content (AvgIpc) is 3.12. The van der Waals surface area contributed by atoms with Crippen LogP contribution in [0.4, 0.5) is 10.5 Å². The number of urea groups is 1. The highest BCUT2D eigenvalue weighted by Gasteiger charge is 2.16. The van der Waals surface area contributed by atoms with E-state index < -0.39 is 0 Å². The van der Waals surface area contributed by atoms with Crippen molar-refractivity contribution < 1.29 is 9.53 Å². The van der Waals surface area contributed by atoms with Gasteiger partial charge in [-0.1, -0.05) is 52.3 Å². The molecule has 28 heavy (non-hydrogen) atoms. The fourth-order valence-corrected chi connectivity index (χ4v) is 3.34. The number of aromatic nitrogens is 1.